The first kappa shape index (κ1) is 31.7. The van der Waals surface area contributed by atoms with E-state index in [2.05, 4.69) is 0 Å². The summed E-state index contributed by atoms with van der Waals surface area (Å²) in [5, 5.41) is 0. The average Bonchev–Trinajstić information content (AvgIpc) is 3.05. The summed E-state index contributed by atoms with van der Waals surface area (Å²) in [5.74, 6) is -1.59. The number of rotatable bonds is 10. The molecule has 0 N–H and O–H groups in total. The summed E-state index contributed by atoms with van der Waals surface area (Å²) in [6, 6.07) is 26.1. The molecule has 0 bridgehead atoms. The van der Waals surface area contributed by atoms with Gasteiger partial charge in [0.2, 0.25) is 0 Å². The molecule has 1 unspecified atom stereocenters. The van der Waals surface area contributed by atoms with Crippen molar-refractivity contribution in [3.05, 3.63) is 136 Å². The van der Waals surface area contributed by atoms with Gasteiger partial charge in [-0.25, -0.2) is 0 Å². The summed E-state index contributed by atoms with van der Waals surface area (Å²) in [7, 11) is -0.338. The first-order valence-electron chi connectivity index (χ1n) is 12.9. The maximum atomic E-state index is 13.5. The van der Waals surface area contributed by atoms with E-state index in [1.165, 1.54) is 33.5 Å². The third-order valence-electron chi connectivity index (χ3n) is 6.83. The number of aryl methyl sites for hydroxylation is 1. The molecule has 0 amide bonds. The van der Waals surface area contributed by atoms with Crippen LogP contribution in [0, 0.1) is 6.92 Å². The van der Waals surface area contributed by atoms with Crippen LogP contribution in [0.1, 0.15) is 53.3 Å². The molecule has 4 aromatic rings. The van der Waals surface area contributed by atoms with Crippen molar-refractivity contribution in [2.75, 3.05) is 21.3 Å². The fraction of sp³-hybridized carbons (Fsp3) is 0.156. The standard InChI is InChI=1S/C32H29AsO9S/c1-21-5-19-28(20-6-21)43(37,38)42-33-32(25-13-7-22(8-14-25)29(34)39-2,26-15-9-23(10-16-26)30(35)40-3)27-17-11-24(12-18-27)31(36)41-4/h5-20,33H,1-4H3. The Morgan fingerprint density at radius 3 is 1.19 bits per heavy atom. The van der Waals surface area contributed by atoms with Gasteiger partial charge in [0.25, 0.3) is 0 Å². The van der Waals surface area contributed by atoms with E-state index in [1.54, 1.807) is 84.9 Å². The Labute approximate surface area is 256 Å². The van der Waals surface area contributed by atoms with Gasteiger partial charge in [-0.15, -0.1) is 0 Å². The molecule has 0 spiro atoms. The van der Waals surface area contributed by atoms with Crippen LogP contribution in [-0.2, 0) is 31.7 Å². The van der Waals surface area contributed by atoms with Gasteiger partial charge in [-0.3, -0.25) is 0 Å². The summed E-state index contributed by atoms with van der Waals surface area (Å²) < 4.78 is 46.2. The van der Waals surface area contributed by atoms with Crippen LogP contribution in [0.15, 0.2) is 102 Å². The van der Waals surface area contributed by atoms with E-state index in [0.717, 1.165) is 5.56 Å². The minimum atomic E-state index is -4.18. The number of hydrogen-bond acceptors (Lipinski definition) is 9. The quantitative estimate of drug-likeness (QED) is 0.105. The van der Waals surface area contributed by atoms with Gasteiger partial charge in [0.15, 0.2) is 0 Å². The molecule has 0 radical (unpaired) electrons. The molecule has 0 saturated heterocycles. The van der Waals surface area contributed by atoms with Crippen molar-refractivity contribution in [3.8, 4) is 0 Å². The molecule has 43 heavy (non-hydrogen) atoms. The van der Waals surface area contributed by atoms with Gasteiger partial charge < -0.3 is 0 Å². The molecular weight excluding hydrogens is 635 g/mol. The molecular formula is C32H29AsO9S. The van der Waals surface area contributed by atoms with Crippen molar-refractivity contribution in [3.63, 3.8) is 0 Å². The fourth-order valence-corrected chi connectivity index (χ4v) is 9.14. The SMILES string of the molecule is COC(=O)c1ccc(C([AsH]OS(=O)(=O)c2ccc(C)cc2)(c2ccc(C(=O)OC)cc2)c2ccc(C(=O)OC)cc2)cc1. The maximum absolute atomic E-state index is 13.5. The van der Waals surface area contributed by atoms with Gasteiger partial charge in [-0.05, 0) is 0 Å². The molecule has 0 aliphatic rings. The van der Waals surface area contributed by atoms with E-state index in [9.17, 15) is 22.8 Å². The Kier molecular flexibility index (Phi) is 9.86. The van der Waals surface area contributed by atoms with E-state index in [1.807, 2.05) is 6.92 Å². The van der Waals surface area contributed by atoms with Gasteiger partial charge in [0.1, 0.15) is 0 Å². The Morgan fingerprint density at radius 2 is 0.884 bits per heavy atom. The van der Waals surface area contributed by atoms with Crippen molar-refractivity contribution in [2.24, 2.45) is 0 Å². The normalized spacial score (nSPS) is 11.7. The molecule has 222 valence electrons. The van der Waals surface area contributed by atoms with Crippen molar-refractivity contribution in [2.45, 2.75) is 16.0 Å². The monoisotopic (exact) mass is 664 g/mol. The topological polar surface area (TPSA) is 122 Å². The van der Waals surface area contributed by atoms with Crippen molar-refractivity contribution in [1.29, 1.82) is 0 Å². The second kappa shape index (κ2) is 13.4. The molecule has 0 aromatic heterocycles. The molecule has 0 fully saturated rings. The molecule has 1 atom stereocenters. The fourth-order valence-electron chi connectivity index (χ4n) is 4.47. The van der Waals surface area contributed by atoms with Crippen LogP contribution < -0.4 is 0 Å². The van der Waals surface area contributed by atoms with Gasteiger partial charge >= 0.3 is 258 Å². The van der Waals surface area contributed by atoms with Gasteiger partial charge in [0.05, 0.1) is 0 Å². The number of methoxy groups -OCH3 is 3. The van der Waals surface area contributed by atoms with E-state index in [0.29, 0.717) is 33.4 Å². The van der Waals surface area contributed by atoms with E-state index in [4.69, 9.17) is 17.4 Å². The second-order valence-electron chi connectivity index (χ2n) is 9.41. The molecule has 0 saturated carbocycles. The third-order valence-corrected chi connectivity index (χ3v) is 12.3. The van der Waals surface area contributed by atoms with Crippen LogP contribution in [0.4, 0.5) is 0 Å². The third kappa shape index (κ3) is 6.72. The number of ether oxygens (including phenoxy) is 3. The zero-order valence-corrected chi connectivity index (χ0v) is 26.7. The number of esters is 3. The Balaban J connectivity index is 1.95. The summed E-state index contributed by atoms with van der Waals surface area (Å²) >= 11 is -2.00. The number of hydrogen-bond donors (Lipinski definition) is 0. The van der Waals surface area contributed by atoms with Gasteiger partial charge in [-0.2, -0.15) is 0 Å². The zero-order chi connectivity index (χ0) is 31.2. The summed E-state index contributed by atoms with van der Waals surface area (Å²) in [4.78, 5) is 36.6. The van der Waals surface area contributed by atoms with Gasteiger partial charge in [-0.1, -0.05) is 0 Å². The molecule has 11 heteroatoms. The van der Waals surface area contributed by atoms with Crippen LogP contribution in [0.5, 0.6) is 0 Å². The first-order valence-corrected chi connectivity index (χ1v) is 16.2. The van der Waals surface area contributed by atoms with Crippen molar-refractivity contribution < 1.29 is 40.2 Å². The predicted octanol–water partition coefficient (Wildman–Crippen LogP) is 4.40. The molecule has 0 heterocycles. The Hall–Kier alpha value is -4.24. The van der Waals surface area contributed by atoms with Crippen molar-refractivity contribution >= 4 is 44.1 Å². The summed E-state index contributed by atoms with van der Waals surface area (Å²) in [5.41, 5.74) is 3.66. The first-order chi connectivity index (χ1) is 20.5. The molecule has 0 aliphatic carbocycles. The van der Waals surface area contributed by atoms with E-state index in [-0.39, 0.29) is 4.90 Å². The molecule has 9 nitrogen and oxygen atoms in total. The number of carbonyl (C=O) groups excluding carboxylic acids is 3. The second-order valence-corrected chi connectivity index (χ2v) is 14.0. The average molecular weight is 665 g/mol. The van der Waals surface area contributed by atoms with Crippen LogP contribution >= 0.6 is 0 Å². The predicted molar refractivity (Wildman–Crippen MR) is 160 cm³/mol. The minimum absolute atomic E-state index is 0.0128. The van der Waals surface area contributed by atoms with Crippen LogP contribution in [0.2, 0.25) is 0 Å². The van der Waals surface area contributed by atoms with E-state index < -0.39 is 48.3 Å². The van der Waals surface area contributed by atoms with Crippen molar-refractivity contribution in [1.82, 2.24) is 0 Å². The number of benzene rings is 4. The van der Waals surface area contributed by atoms with Crippen LogP contribution in [-0.4, -0.2) is 63.7 Å². The summed E-state index contributed by atoms with van der Waals surface area (Å²) in [6.07, 6.45) is 0. The van der Waals surface area contributed by atoms with Crippen LogP contribution in [0.3, 0.4) is 0 Å². The number of carbonyl (C=O) groups is 3. The molecule has 4 rings (SSSR count). The summed E-state index contributed by atoms with van der Waals surface area (Å²) in [6.45, 7) is 1.85. The molecule has 4 aromatic carbocycles. The Morgan fingerprint density at radius 1 is 0.558 bits per heavy atom. The Bertz CT molecular complexity index is 1570. The van der Waals surface area contributed by atoms with Crippen LogP contribution in [0.25, 0.3) is 0 Å². The zero-order valence-electron chi connectivity index (χ0n) is 23.8. The van der Waals surface area contributed by atoms with Gasteiger partial charge in [0, 0.05) is 0 Å². The molecule has 0 aliphatic heterocycles. The van der Waals surface area contributed by atoms with E-state index >= 15 is 0 Å².